The summed E-state index contributed by atoms with van der Waals surface area (Å²) in [5.41, 5.74) is 4.20. The van der Waals surface area contributed by atoms with Gasteiger partial charge in [-0.25, -0.2) is 4.98 Å². The lowest BCUT2D eigenvalue weighted by molar-refractivity contribution is -0.115. The highest BCUT2D eigenvalue weighted by Gasteiger charge is 2.21. The number of aromatic nitrogens is 1. The molecule has 0 aliphatic carbocycles. The molecule has 0 spiro atoms. The van der Waals surface area contributed by atoms with Crippen molar-refractivity contribution in [1.29, 1.82) is 0 Å². The number of fused-ring (bicyclic) bond motifs is 1. The number of aliphatic imine (C=N–C) groups is 1. The van der Waals surface area contributed by atoms with E-state index in [0.29, 0.717) is 24.8 Å². The zero-order valence-electron chi connectivity index (χ0n) is 11.4. The zero-order valence-corrected chi connectivity index (χ0v) is 12.2. The normalized spacial score (nSPS) is 18.4. The van der Waals surface area contributed by atoms with Gasteiger partial charge >= 0.3 is 0 Å². The molecule has 1 aromatic carbocycles. The molecular formula is C14H14N4O2S. The number of hydrogen-bond acceptors (Lipinski definition) is 5. The van der Waals surface area contributed by atoms with E-state index in [-0.39, 0.29) is 5.91 Å². The molecule has 0 bridgehead atoms. The monoisotopic (exact) mass is 302 g/mol. The highest BCUT2D eigenvalue weighted by Crippen LogP contribution is 2.20. The number of methoxy groups -OCH3 is 1. The van der Waals surface area contributed by atoms with Crippen molar-refractivity contribution in [2.24, 2.45) is 4.99 Å². The average molecular weight is 302 g/mol. The largest absolute Gasteiger partial charge is 0.383 e. The summed E-state index contributed by atoms with van der Waals surface area (Å²) >= 11 is 1.58. The minimum Gasteiger partial charge on any atom is -0.383 e. The van der Waals surface area contributed by atoms with Gasteiger partial charge in [0.1, 0.15) is 5.70 Å². The van der Waals surface area contributed by atoms with Gasteiger partial charge in [0, 0.05) is 7.11 Å². The van der Waals surface area contributed by atoms with Crippen LogP contribution in [0.25, 0.3) is 16.3 Å². The summed E-state index contributed by atoms with van der Waals surface area (Å²) in [7, 11) is 1.61. The number of amides is 1. The summed E-state index contributed by atoms with van der Waals surface area (Å²) in [4.78, 5) is 20.3. The third-order valence-corrected chi connectivity index (χ3v) is 3.75. The number of thiazole rings is 1. The van der Waals surface area contributed by atoms with E-state index >= 15 is 0 Å². The Kier molecular flexibility index (Phi) is 3.94. The number of nitrogens with zero attached hydrogens (tertiary/aromatic N) is 2. The Balaban J connectivity index is 1.79. The summed E-state index contributed by atoms with van der Waals surface area (Å²) < 4.78 is 6.01. The number of benzene rings is 1. The quantitative estimate of drug-likeness (QED) is 0.660. The molecule has 0 saturated carbocycles. The van der Waals surface area contributed by atoms with Crippen LogP contribution in [0.15, 0.2) is 34.4 Å². The first-order valence-corrected chi connectivity index (χ1v) is 7.31. The summed E-state index contributed by atoms with van der Waals surface area (Å²) in [6, 6.07) is 5.89. The van der Waals surface area contributed by atoms with Crippen LogP contribution in [0.2, 0.25) is 0 Å². The standard InChI is InChI=1S/C14H14N4O2S/c1-20-5-4-15-14-17-11(13(19)18-14)6-9-2-3-10-12(7-9)21-8-16-10/h2-3,6-8H,4-5H2,1H3,(H2,15,17,18,19)/b11-6-. The van der Waals surface area contributed by atoms with E-state index in [2.05, 4.69) is 20.6 Å². The molecule has 1 aliphatic heterocycles. The van der Waals surface area contributed by atoms with Crippen molar-refractivity contribution >= 4 is 39.5 Å². The maximum absolute atomic E-state index is 11.9. The highest BCUT2D eigenvalue weighted by atomic mass is 32.1. The Morgan fingerprint density at radius 1 is 1.43 bits per heavy atom. The smallest absolute Gasteiger partial charge is 0.274 e. The second-order valence-electron chi connectivity index (χ2n) is 4.44. The molecule has 7 heteroatoms. The van der Waals surface area contributed by atoms with E-state index in [4.69, 9.17) is 4.74 Å². The van der Waals surface area contributed by atoms with Gasteiger partial charge in [-0.1, -0.05) is 6.07 Å². The highest BCUT2D eigenvalue weighted by molar-refractivity contribution is 7.16. The summed E-state index contributed by atoms with van der Waals surface area (Å²) in [6.07, 6.45) is 1.80. The Labute approximate surface area is 125 Å². The molecule has 21 heavy (non-hydrogen) atoms. The van der Waals surface area contributed by atoms with E-state index in [9.17, 15) is 4.79 Å². The lowest BCUT2D eigenvalue weighted by atomic mass is 10.2. The molecule has 1 fully saturated rings. The molecular weight excluding hydrogens is 288 g/mol. The van der Waals surface area contributed by atoms with Crippen molar-refractivity contribution in [3.05, 3.63) is 35.0 Å². The predicted octanol–water partition coefficient (Wildman–Crippen LogP) is 1.36. The third-order valence-electron chi connectivity index (χ3n) is 2.96. The van der Waals surface area contributed by atoms with Crippen molar-refractivity contribution in [3.8, 4) is 0 Å². The van der Waals surface area contributed by atoms with Gasteiger partial charge in [0.2, 0.25) is 5.96 Å². The van der Waals surface area contributed by atoms with Gasteiger partial charge in [-0.15, -0.1) is 11.3 Å². The van der Waals surface area contributed by atoms with Crippen LogP contribution in [-0.2, 0) is 9.53 Å². The fraction of sp³-hybridized carbons (Fsp3) is 0.214. The minimum absolute atomic E-state index is 0.185. The van der Waals surface area contributed by atoms with Crippen LogP contribution in [-0.4, -0.2) is 37.1 Å². The van der Waals surface area contributed by atoms with E-state index in [1.165, 1.54) is 0 Å². The van der Waals surface area contributed by atoms with E-state index in [1.54, 1.807) is 24.5 Å². The minimum atomic E-state index is -0.185. The zero-order chi connectivity index (χ0) is 14.7. The first-order chi connectivity index (χ1) is 10.3. The molecule has 1 aliphatic rings. The van der Waals surface area contributed by atoms with Crippen LogP contribution >= 0.6 is 11.3 Å². The molecule has 2 aromatic rings. The number of rotatable bonds is 4. The number of carbonyl (C=O) groups excluding carboxylic acids is 1. The summed E-state index contributed by atoms with van der Waals surface area (Å²) in [6.45, 7) is 1.02. The average Bonchev–Trinajstić information content (AvgIpc) is 3.06. The van der Waals surface area contributed by atoms with Crippen molar-refractivity contribution in [1.82, 2.24) is 15.6 Å². The van der Waals surface area contributed by atoms with Crippen molar-refractivity contribution in [3.63, 3.8) is 0 Å². The number of guanidine groups is 1. The van der Waals surface area contributed by atoms with Gasteiger partial charge in [-0.05, 0) is 23.8 Å². The second kappa shape index (κ2) is 6.02. The number of carbonyl (C=O) groups is 1. The Morgan fingerprint density at radius 3 is 3.19 bits per heavy atom. The maximum atomic E-state index is 11.9. The molecule has 0 radical (unpaired) electrons. The van der Waals surface area contributed by atoms with E-state index in [0.717, 1.165) is 15.8 Å². The van der Waals surface area contributed by atoms with Crippen molar-refractivity contribution in [2.75, 3.05) is 20.3 Å². The molecule has 1 aromatic heterocycles. The van der Waals surface area contributed by atoms with Gasteiger partial charge in [0.15, 0.2) is 0 Å². The van der Waals surface area contributed by atoms with Crippen LogP contribution in [0.1, 0.15) is 5.56 Å². The Morgan fingerprint density at radius 2 is 2.33 bits per heavy atom. The molecule has 0 unspecified atom stereocenters. The molecule has 6 nitrogen and oxygen atoms in total. The van der Waals surface area contributed by atoms with Crippen LogP contribution in [0.5, 0.6) is 0 Å². The van der Waals surface area contributed by atoms with E-state index in [1.807, 2.05) is 23.7 Å². The van der Waals surface area contributed by atoms with Gasteiger partial charge in [0.25, 0.3) is 5.91 Å². The lowest BCUT2D eigenvalue weighted by Gasteiger charge is -1.98. The molecule has 2 heterocycles. The van der Waals surface area contributed by atoms with Crippen LogP contribution < -0.4 is 10.6 Å². The van der Waals surface area contributed by atoms with Gasteiger partial charge < -0.3 is 10.1 Å². The van der Waals surface area contributed by atoms with Crippen LogP contribution in [0.4, 0.5) is 0 Å². The summed E-state index contributed by atoms with van der Waals surface area (Å²) in [5, 5.41) is 5.65. The molecule has 2 N–H and O–H groups in total. The van der Waals surface area contributed by atoms with Gasteiger partial charge in [-0.2, -0.15) is 0 Å². The summed E-state index contributed by atoms with van der Waals surface area (Å²) in [5.74, 6) is 0.276. The third kappa shape index (κ3) is 3.09. The lowest BCUT2D eigenvalue weighted by Crippen LogP contribution is -2.25. The van der Waals surface area contributed by atoms with E-state index < -0.39 is 0 Å². The predicted molar refractivity (Wildman–Crippen MR) is 83.1 cm³/mol. The number of nitrogens with one attached hydrogen (secondary N) is 2. The molecule has 0 atom stereocenters. The Bertz CT molecular complexity index is 735. The topological polar surface area (TPSA) is 75.6 Å². The molecule has 3 rings (SSSR count). The first kappa shape index (κ1) is 13.7. The fourth-order valence-corrected chi connectivity index (χ4v) is 2.67. The molecule has 1 saturated heterocycles. The van der Waals surface area contributed by atoms with Gasteiger partial charge in [0.05, 0.1) is 28.9 Å². The van der Waals surface area contributed by atoms with Crippen molar-refractivity contribution in [2.45, 2.75) is 0 Å². The first-order valence-electron chi connectivity index (χ1n) is 6.43. The number of hydrogen-bond donors (Lipinski definition) is 2. The number of ether oxygens (including phenoxy) is 1. The van der Waals surface area contributed by atoms with Crippen LogP contribution in [0.3, 0.4) is 0 Å². The maximum Gasteiger partial charge on any atom is 0.274 e. The van der Waals surface area contributed by atoms with Crippen LogP contribution in [0, 0.1) is 0 Å². The molecule has 1 amide bonds. The second-order valence-corrected chi connectivity index (χ2v) is 5.33. The SMILES string of the molecule is COCCN=C1NC(=O)/C(=C/c2ccc3ncsc3c2)N1. The van der Waals surface area contributed by atoms with Gasteiger partial charge in [-0.3, -0.25) is 15.1 Å². The fourth-order valence-electron chi connectivity index (χ4n) is 1.95. The molecule has 108 valence electrons. The van der Waals surface area contributed by atoms with Crippen molar-refractivity contribution < 1.29 is 9.53 Å². The Hall–Kier alpha value is -2.25.